The third kappa shape index (κ3) is 1.74. The maximum absolute atomic E-state index is 3.84. The van der Waals surface area contributed by atoms with Crippen molar-refractivity contribution in [3.63, 3.8) is 0 Å². The number of hydrogen-bond donors (Lipinski definition) is 0. The molecule has 1 heteroatoms. The minimum atomic E-state index is 0.303. The van der Waals surface area contributed by atoms with Crippen molar-refractivity contribution in [2.24, 2.45) is 0 Å². The van der Waals surface area contributed by atoms with E-state index in [9.17, 15) is 0 Å². The van der Waals surface area contributed by atoms with Gasteiger partial charge in [0.05, 0.1) is 4.83 Å². The van der Waals surface area contributed by atoms with E-state index in [4.69, 9.17) is 0 Å². The number of fused-ring (bicyclic) bond motifs is 3. The van der Waals surface area contributed by atoms with Crippen molar-refractivity contribution in [2.75, 3.05) is 0 Å². The Morgan fingerprint density at radius 2 is 1.30 bits per heavy atom. The Morgan fingerprint density at radius 1 is 0.600 bits per heavy atom. The van der Waals surface area contributed by atoms with Gasteiger partial charge in [0.2, 0.25) is 0 Å². The minimum Gasteiger partial charge on any atom is -0.0786 e. The van der Waals surface area contributed by atoms with E-state index in [0.29, 0.717) is 4.83 Å². The summed E-state index contributed by atoms with van der Waals surface area (Å²) in [6, 6.07) is 26.0. The fraction of sp³-hybridized carbons (Fsp3) is 0.0526. The molecule has 1 unspecified atom stereocenters. The molecular weight excluding hydrogens is 308 g/mol. The van der Waals surface area contributed by atoms with Crippen LogP contribution in [-0.2, 0) is 0 Å². The Kier molecular flexibility index (Phi) is 2.75. The first-order chi connectivity index (χ1) is 9.84. The highest BCUT2D eigenvalue weighted by Crippen LogP contribution is 2.48. The number of halogens is 1. The molecule has 0 aliphatic heterocycles. The number of benzene rings is 3. The van der Waals surface area contributed by atoms with Crippen LogP contribution in [0.1, 0.15) is 16.0 Å². The van der Waals surface area contributed by atoms with Gasteiger partial charge in [-0.3, -0.25) is 0 Å². The predicted molar refractivity (Wildman–Crippen MR) is 88.1 cm³/mol. The van der Waals surface area contributed by atoms with Gasteiger partial charge in [-0.05, 0) is 39.4 Å². The molecule has 96 valence electrons. The minimum absolute atomic E-state index is 0.303. The molecule has 3 aromatic carbocycles. The molecule has 0 fully saturated rings. The Hall–Kier alpha value is -1.86. The van der Waals surface area contributed by atoms with E-state index in [0.717, 1.165) is 0 Å². The fourth-order valence-corrected chi connectivity index (χ4v) is 3.74. The van der Waals surface area contributed by atoms with E-state index >= 15 is 0 Å². The van der Waals surface area contributed by atoms with Crippen LogP contribution in [0.5, 0.6) is 0 Å². The molecule has 3 aromatic rings. The molecule has 0 radical (unpaired) electrons. The van der Waals surface area contributed by atoms with Crippen LogP contribution in [0.25, 0.3) is 22.3 Å². The zero-order valence-corrected chi connectivity index (χ0v) is 12.5. The van der Waals surface area contributed by atoms with Crippen molar-refractivity contribution >= 4 is 15.9 Å². The summed E-state index contributed by atoms with van der Waals surface area (Å²) in [4.78, 5) is 0.303. The quantitative estimate of drug-likeness (QED) is 0.496. The van der Waals surface area contributed by atoms with E-state index in [1.165, 1.54) is 33.4 Å². The molecule has 1 aliphatic rings. The van der Waals surface area contributed by atoms with Crippen LogP contribution in [0.3, 0.4) is 0 Å². The summed E-state index contributed by atoms with van der Waals surface area (Å²) in [5.41, 5.74) is 7.99. The average molecular weight is 321 g/mol. The highest BCUT2D eigenvalue weighted by Gasteiger charge is 2.26. The van der Waals surface area contributed by atoms with Gasteiger partial charge >= 0.3 is 0 Å². The molecule has 1 atom stereocenters. The molecule has 20 heavy (non-hydrogen) atoms. The van der Waals surface area contributed by atoms with E-state index in [1.54, 1.807) is 0 Å². The van der Waals surface area contributed by atoms with E-state index in [1.807, 2.05) is 0 Å². The Labute approximate surface area is 127 Å². The SMILES string of the molecule is BrC1c2ccccc2-c2ccc(-c3ccccc3)cc21. The van der Waals surface area contributed by atoms with Gasteiger partial charge in [0.25, 0.3) is 0 Å². The first kappa shape index (κ1) is 11.9. The summed E-state index contributed by atoms with van der Waals surface area (Å²) >= 11 is 3.84. The van der Waals surface area contributed by atoms with Crippen LogP contribution in [0.4, 0.5) is 0 Å². The molecule has 4 rings (SSSR count). The highest BCUT2D eigenvalue weighted by atomic mass is 79.9. The molecule has 0 bridgehead atoms. The van der Waals surface area contributed by atoms with E-state index in [-0.39, 0.29) is 0 Å². The summed E-state index contributed by atoms with van der Waals surface area (Å²) in [7, 11) is 0. The van der Waals surface area contributed by atoms with Crippen LogP contribution in [0.2, 0.25) is 0 Å². The lowest BCUT2D eigenvalue weighted by Gasteiger charge is -2.08. The lowest BCUT2D eigenvalue weighted by Crippen LogP contribution is -1.86. The number of hydrogen-bond acceptors (Lipinski definition) is 0. The molecule has 0 spiro atoms. The summed E-state index contributed by atoms with van der Waals surface area (Å²) in [6.07, 6.45) is 0. The Balaban J connectivity index is 1.89. The third-order valence-corrected chi connectivity index (χ3v) is 4.94. The molecule has 0 saturated heterocycles. The summed E-state index contributed by atoms with van der Waals surface area (Å²) < 4.78 is 0. The van der Waals surface area contributed by atoms with Gasteiger partial charge in [-0.2, -0.15) is 0 Å². The highest BCUT2D eigenvalue weighted by molar-refractivity contribution is 9.09. The second-order valence-electron chi connectivity index (χ2n) is 5.12. The lowest BCUT2D eigenvalue weighted by atomic mass is 9.99. The summed E-state index contributed by atoms with van der Waals surface area (Å²) in [6.45, 7) is 0. The largest absolute Gasteiger partial charge is 0.0786 e. The smallest absolute Gasteiger partial charge is 0.0656 e. The molecule has 0 heterocycles. The maximum Gasteiger partial charge on any atom is 0.0656 e. The van der Waals surface area contributed by atoms with Crippen molar-refractivity contribution in [3.8, 4) is 22.3 Å². The van der Waals surface area contributed by atoms with E-state index in [2.05, 4.69) is 88.7 Å². The normalized spacial score (nSPS) is 15.8. The van der Waals surface area contributed by atoms with Crippen LogP contribution in [0.15, 0.2) is 72.8 Å². The van der Waals surface area contributed by atoms with Crippen LogP contribution >= 0.6 is 15.9 Å². The molecule has 0 N–H and O–H groups in total. The van der Waals surface area contributed by atoms with Gasteiger partial charge in [-0.15, -0.1) is 0 Å². The van der Waals surface area contributed by atoms with Crippen LogP contribution in [-0.4, -0.2) is 0 Å². The lowest BCUT2D eigenvalue weighted by molar-refractivity contribution is 1.25. The number of rotatable bonds is 1. The average Bonchev–Trinajstić information content (AvgIpc) is 2.81. The fourth-order valence-electron chi connectivity index (χ4n) is 2.96. The van der Waals surface area contributed by atoms with E-state index < -0.39 is 0 Å². The van der Waals surface area contributed by atoms with Crippen molar-refractivity contribution in [3.05, 3.63) is 83.9 Å². The molecule has 0 saturated carbocycles. The van der Waals surface area contributed by atoms with Gasteiger partial charge in [-0.1, -0.05) is 82.7 Å². The van der Waals surface area contributed by atoms with Crippen LogP contribution < -0.4 is 0 Å². The first-order valence-corrected chi connectivity index (χ1v) is 7.69. The van der Waals surface area contributed by atoms with Crippen molar-refractivity contribution < 1.29 is 0 Å². The van der Waals surface area contributed by atoms with Crippen LogP contribution in [0, 0.1) is 0 Å². The van der Waals surface area contributed by atoms with Crippen molar-refractivity contribution in [1.82, 2.24) is 0 Å². The van der Waals surface area contributed by atoms with Crippen molar-refractivity contribution in [2.45, 2.75) is 4.83 Å². The zero-order chi connectivity index (χ0) is 13.5. The molecule has 0 aromatic heterocycles. The van der Waals surface area contributed by atoms with Gasteiger partial charge in [0.1, 0.15) is 0 Å². The second kappa shape index (κ2) is 4.60. The standard InChI is InChI=1S/C19H13Br/c20-19-17-9-5-4-8-15(17)16-11-10-14(12-18(16)19)13-6-2-1-3-7-13/h1-12,19H. The summed E-state index contributed by atoms with van der Waals surface area (Å²) in [5, 5.41) is 0. The molecular formula is C19H13Br. The predicted octanol–water partition coefficient (Wildman–Crippen LogP) is 5.82. The Morgan fingerprint density at radius 3 is 2.15 bits per heavy atom. The third-order valence-electron chi connectivity index (χ3n) is 3.96. The molecule has 0 amide bonds. The topological polar surface area (TPSA) is 0 Å². The Bertz CT molecular complexity index is 775. The van der Waals surface area contributed by atoms with Gasteiger partial charge in [0.15, 0.2) is 0 Å². The van der Waals surface area contributed by atoms with Gasteiger partial charge in [-0.25, -0.2) is 0 Å². The second-order valence-corrected chi connectivity index (χ2v) is 6.03. The zero-order valence-electron chi connectivity index (χ0n) is 10.9. The van der Waals surface area contributed by atoms with Gasteiger partial charge < -0.3 is 0 Å². The number of alkyl halides is 1. The maximum atomic E-state index is 3.84. The first-order valence-electron chi connectivity index (χ1n) is 6.77. The van der Waals surface area contributed by atoms with Crippen molar-refractivity contribution in [1.29, 1.82) is 0 Å². The molecule has 1 aliphatic carbocycles. The van der Waals surface area contributed by atoms with Gasteiger partial charge in [0, 0.05) is 0 Å². The summed E-state index contributed by atoms with van der Waals surface area (Å²) in [5.74, 6) is 0. The monoisotopic (exact) mass is 320 g/mol. The molecule has 0 nitrogen and oxygen atoms in total.